The van der Waals surface area contributed by atoms with Crippen LogP contribution in [0.4, 0.5) is 5.69 Å². The Bertz CT molecular complexity index is 477. The van der Waals surface area contributed by atoms with E-state index in [-0.39, 0.29) is 6.04 Å². The fourth-order valence-electron chi connectivity index (χ4n) is 1.75. The second kappa shape index (κ2) is 4.37. The van der Waals surface area contributed by atoms with Gasteiger partial charge in [0.25, 0.3) is 0 Å². The van der Waals surface area contributed by atoms with E-state index in [1.807, 2.05) is 55.5 Å². The molecule has 2 nitrogen and oxygen atoms in total. The number of benzene rings is 2. The molecule has 0 aliphatic rings. The van der Waals surface area contributed by atoms with Crippen molar-refractivity contribution in [3.05, 3.63) is 65.2 Å². The van der Waals surface area contributed by atoms with Crippen molar-refractivity contribution in [2.24, 2.45) is 5.73 Å². The fraction of sp³-hybridized carbons (Fsp3) is 0.143. The van der Waals surface area contributed by atoms with Crippen molar-refractivity contribution in [2.45, 2.75) is 13.0 Å². The molecule has 0 fully saturated rings. The summed E-state index contributed by atoms with van der Waals surface area (Å²) >= 11 is 0. The summed E-state index contributed by atoms with van der Waals surface area (Å²) in [7, 11) is 0. The molecule has 0 bridgehead atoms. The lowest BCUT2D eigenvalue weighted by Gasteiger charge is -2.13. The molecule has 0 spiro atoms. The van der Waals surface area contributed by atoms with E-state index >= 15 is 0 Å². The highest BCUT2D eigenvalue weighted by Crippen LogP contribution is 2.22. The largest absolute Gasteiger partial charge is 0.399 e. The van der Waals surface area contributed by atoms with Crippen LogP contribution in [0.2, 0.25) is 0 Å². The lowest BCUT2D eigenvalue weighted by molar-refractivity contribution is 0.870. The Morgan fingerprint density at radius 2 is 1.62 bits per heavy atom. The van der Waals surface area contributed by atoms with E-state index in [2.05, 4.69) is 0 Å². The van der Waals surface area contributed by atoms with E-state index in [1.54, 1.807) is 0 Å². The van der Waals surface area contributed by atoms with Gasteiger partial charge >= 0.3 is 0 Å². The van der Waals surface area contributed by atoms with Gasteiger partial charge in [0.1, 0.15) is 0 Å². The third-order valence-corrected chi connectivity index (χ3v) is 2.81. The van der Waals surface area contributed by atoms with Crippen LogP contribution in [0.3, 0.4) is 0 Å². The number of nitrogens with two attached hydrogens (primary N) is 2. The highest BCUT2D eigenvalue weighted by molar-refractivity contribution is 5.49. The van der Waals surface area contributed by atoms with Crippen LogP contribution in [0.1, 0.15) is 22.7 Å². The molecule has 0 amide bonds. The van der Waals surface area contributed by atoms with Crippen molar-refractivity contribution in [2.75, 3.05) is 5.73 Å². The molecule has 4 N–H and O–H groups in total. The molecule has 0 aliphatic heterocycles. The van der Waals surface area contributed by atoms with Gasteiger partial charge in [0.15, 0.2) is 0 Å². The average Bonchev–Trinajstić information content (AvgIpc) is 2.33. The first-order valence-electron chi connectivity index (χ1n) is 5.35. The van der Waals surface area contributed by atoms with Gasteiger partial charge in [0.2, 0.25) is 0 Å². The summed E-state index contributed by atoms with van der Waals surface area (Å²) in [5.41, 5.74) is 16.1. The smallest absolute Gasteiger partial charge is 0.0551 e. The van der Waals surface area contributed by atoms with Crippen molar-refractivity contribution in [1.82, 2.24) is 0 Å². The van der Waals surface area contributed by atoms with Crippen LogP contribution in [-0.2, 0) is 0 Å². The number of rotatable bonds is 2. The van der Waals surface area contributed by atoms with E-state index in [0.717, 1.165) is 22.4 Å². The molecule has 0 radical (unpaired) electrons. The number of nitrogen functional groups attached to an aromatic ring is 1. The molecular weight excluding hydrogens is 196 g/mol. The molecule has 2 rings (SSSR count). The van der Waals surface area contributed by atoms with Gasteiger partial charge in [0, 0.05) is 5.69 Å². The predicted molar refractivity (Wildman–Crippen MR) is 68.1 cm³/mol. The second-order valence-electron chi connectivity index (χ2n) is 4.00. The topological polar surface area (TPSA) is 52.0 Å². The minimum Gasteiger partial charge on any atom is -0.399 e. The Balaban J connectivity index is 2.34. The van der Waals surface area contributed by atoms with Gasteiger partial charge in [-0.2, -0.15) is 0 Å². The Kier molecular flexibility index (Phi) is 2.93. The van der Waals surface area contributed by atoms with Crippen molar-refractivity contribution < 1.29 is 0 Å². The third kappa shape index (κ3) is 2.07. The van der Waals surface area contributed by atoms with Crippen LogP contribution in [0.15, 0.2) is 48.5 Å². The first-order chi connectivity index (χ1) is 7.68. The molecule has 82 valence electrons. The van der Waals surface area contributed by atoms with Crippen LogP contribution in [0.5, 0.6) is 0 Å². The molecule has 0 saturated carbocycles. The van der Waals surface area contributed by atoms with Crippen molar-refractivity contribution in [3.8, 4) is 0 Å². The normalized spacial score (nSPS) is 12.4. The highest BCUT2D eigenvalue weighted by Gasteiger charge is 2.08. The van der Waals surface area contributed by atoms with Gasteiger partial charge in [-0.05, 0) is 29.7 Å². The van der Waals surface area contributed by atoms with Crippen molar-refractivity contribution in [3.63, 3.8) is 0 Å². The molecule has 16 heavy (non-hydrogen) atoms. The van der Waals surface area contributed by atoms with Gasteiger partial charge in [-0.15, -0.1) is 0 Å². The molecule has 0 saturated heterocycles. The Labute approximate surface area is 95.9 Å². The monoisotopic (exact) mass is 212 g/mol. The molecule has 0 heterocycles. The highest BCUT2D eigenvalue weighted by atomic mass is 14.6. The van der Waals surface area contributed by atoms with Crippen molar-refractivity contribution >= 4 is 5.69 Å². The maximum atomic E-state index is 6.19. The second-order valence-corrected chi connectivity index (χ2v) is 4.00. The Morgan fingerprint density at radius 3 is 2.25 bits per heavy atom. The average molecular weight is 212 g/mol. The standard InChI is InChI=1S/C14H16N2/c1-10-9-12(7-8-13(10)15)14(16)11-5-3-2-4-6-11/h2-9,14H,15-16H2,1H3/t14-/m0/s1. The van der Waals surface area contributed by atoms with E-state index in [1.165, 1.54) is 0 Å². The van der Waals surface area contributed by atoms with Crippen molar-refractivity contribution in [1.29, 1.82) is 0 Å². The van der Waals surface area contributed by atoms with Crippen LogP contribution >= 0.6 is 0 Å². The van der Waals surface area contributed by atoms with Gasteiger partial charge in [0.05, 0.1) is 6.04 Å². The van der Waals surface area contributed by atoms with E-state index < -0.39 is 0 Å². The summed E-state index contributed by atoms with van der Waals surface area (Å²) < 4.78 is 0. The molecule has 0 aliphatic carbocycles. The zero-order valence-electron chi connectivity index (χ0n) is 9.35. The lowest BCUT2D eigenvalue weighted by atomic mass is 9.98. The fourth-order valence-corrected chi connectivity index (χ4v) is 1.75. The quantitative estimate of drug-likeness (QED) is 0.752. The molecule has 1 atom stereocenters. The Hall–Kier alpha value is -1.80. The molecular formula is C14H16N2. The van der Waals surface area contributed by atoms with Gasteiger partial charge in [-0.1, -0.05) is 42.5 Å². The van der Waals surface area contributed by atoms with Crippen LogP contribution < -0.4 is 11.5 Å². The number of hydrogen-bond donors (Lipinski definition) is 2. The zero-order chi connectivity index (χ0) is 11.5. The summed E-state index contributed by atoms with van der Waals surface area (Å²) in [5.74, 6) is 0. The summed E-state index contributed by atoms with van der Waals surface area (Å²) in [4.78, 5) is 0. The first-order valence-corrected chi connectivity index (χ1v) is 5.35. The third-order valence-electron chi connectivity index (χ3n) is 2.81. The van der Waals surface area contributed by atoms with E-state index in [9.17, 15) is 0 Å². The minimum atomic E-state index is -0.0829. The molecule has 0 unspecified atom stereocenters. The summed E-state index contributed by atoms with van der Waals surface area (Å²) in [5, 5.41) is 0. The van der Waals surface area contributed by atoms with Crippen LogP contribution in [0, 0.1) is 6.92 Å². The maximum absolute atomic E-state index is 6.19. The molecule has 2 aromatic rings. The van der Waals surface area contributed by atoms with Crippen LogP contribution in [0.25, 0.3) is 0 Å². The number of anilines is 1. The Morgan fingerprint density at radius 1 is 0.938 bits per heavy atom. The number of hydrogen-bond acceptors (Lipinski definition) is 2. The maximum Gasteiger partial charge on any atom is 0.0551 e. The number of aryl methyl sites for hydroxylation is 1. The molecule has 2 heteroatoms. The van der Waals surface area contributed by atoms with Gasteiger partial charge in [-0.25, -0.2) is 0 Å². The lowest BCUT2D eigenvalue weighted by Crippen LogP contribution is -2.12. The predicted octanol–water partition coefficient (Wildman–Crippen LogP) is 2.63. The SMILES string of the molecule is Cc1cc([C@@H](N)c2ccccc2)ccc1N. The summed E-state index contributed by atoms with van der Waals surface area (Å²) in [6, 6.07) is 15.9. The summed E-state index contributed by atoms with van der Waals surface area (Å²) in [6.45, 7) is 2.00. The zero-order valence-corrected chi connectivity index (χ0v) is 9.35. The van der Waals surface area contributed by atoms with E-state index in [0.29, 0.717) is 0 Å². The molecule has 0 aromatic heterocycles. The summed E-state index contributed by atoms with van der Waals surface area (Å²) in [6.07, 6.45) is 0. The minimum absolute atomic E-state index is 0.0829. The van der Waals surface area contributed by atoms with E-state index in [4.69, 9.17) is 11.5 Å². The van der Waals surface area contributed by atoms with Gasteiger partial charge < -0.3 is 11.5 Å². The first kappa shape index (κ1) is 10.7. The molecule has 2 aromatic carbocycles. The van der Waals surface area contributed by atoms with Gasteiger partial charge in [-0.3, -0.25) is 0 Å². The van der Waals surface area contributed by atoms with Crippen LogP contribution in [-0.4, -0.2) is 0 Å².